The normalized spacial score (nSPS) is 22.5. The third-order valence-corrected chi connectivity index (χ3v) is 4.41. The molecule has 90 valence electrons. The van der Waals surface area contributed by atoms with Gasteiger partial charge in [0.25, 0.3) is 0 Å². The summed E-state index contributed by atoms with van der Waals surface area (Å²) < 4.78 is 12.4. The summed E-state index contributed by atoms with van der Waals surface area (Å²) in [6, 6.07) is 2.07. The lowest BCUT2D eigenvalue weighted by Gasteiger charge is -2.17. The van der Waals surface area contributed by atoms with Crippen LogP contribution in [0.4, 0.5) is 0 Å². The molecule has 0 radical (unpaired) electrons. The van der Waals surface area contributed by atoms with E-state index >= 15 is 0 Å². The molecule has 0 aliphatic carbocycles. The molecule has 0 amide bonds. The molecule has 5 heteroatoms. The third-order valence-electron chi connectivity index (χ3n) is 2.63. The quantitative estimate of drug-likeness (QED) is 0.909. The van der Waals surface area contributed by atoms with Crippen molar-refractivity contribution in [3.05, 3.63) is 20.8 Å². The molecule has 1 saturated heterocycles. The highest BCUT2D eigenvalue weighted by Gasteiger charge is 2.19. The van der Waals surface area contributed by atoms with Gasteiger partial charge in [0, 0.05) is 27.9 Å². The van der Waals surface area contributed by atoms with Gasteiger partial charge in [-0.15, -0.1) is 11.3 Å². The molecule has 0 saturated carbocycles. The first-order chi connectivity index (χ1) is 7.79. The second-order valence-corrected chi connectivity index (χ2v) is 5.72. The summed E-state index contributed by atoms with van der Waals surface area (Å²) in [5, 5.41) is 2.05. The van der Waals surface area contributed by atoms with Gasteiger partial charge in [0.1, 0.15) is 6.10 Å². The maximum Gasteiger partial charge on any atom is 0.104 e. The summed E-state index contributed by atoms with van der Waals surface area (Å²) in [5.41, 5.74) is 5.72. The van der Waals surface area contributed by atoms with Crippen LogP contribution >= 0.6 is 27.3 Å². The maximum absolute atomic E-state index is 5.81. The number of hydrogen-bond acceptors (Lipinski definition) is 4. The molecule has 1 fully saturated rings. The molecule has 0 spiro atoms. The SMILES string of the molecule is NCC(OCC1CCCO1)c1cc(Br)cs1. The minimum absolute atomic E-state index is 0.000463. The number of rotatable bonds is 5. The molecule has 2 N–H and O–H groups in total. The van der Waals surface area contributed by atoms with Gasteiger partial charge in [-0.05, 0) is 34.8 Å². The molecule has 0 bridgehead atoms. The van der Waals surface area contributed by atoms with Crippen LogP contribution < -0.4 is 5.73 Å². The van der Waals surface area contributed by atoms with Crippen molar-refractivity contribution >= 4 is 27.3 Å². The number of nitrogens with two attached hydrogens (primary N) is 1. The zero-order valence-electron chi connectivity index (χ0n) is 9.02. The lowest BCUT2D eigenvalue weighted by Crippen LogP contribution is -2.21. The third kappa shape index (κ3) is 3.28. The van der Waals surface area contributed by atoms with Crippen molar-refractivity contribution in [3.63, 3.8) is 0 Å². The number of ether oxygens (including phenoxy) is 2. The highest BCUT2D eigenvalue weighted by molar-refractivity contribution is 9.10. The lowest BCUT2D eigenvalue weighted by atomic mass is 10.2. The Kier molecular flexibility index (Phi) is 4.79. The van der Waals surface area contributed by atoms with Crippen LogP contribution in [0.3, 0.4) is 0 Å². The first kappa shape index (κ1) is 12.5. The van der Waals surface area contributed by atoms with E-state index in [-0.39, 0.29) is 12.2 Å². The van der Waals surface area contributed by atoms with Gasteiger partial charge >= 0.3 is 0 Å². The van der Waals surface area contributed by atoms with Crippen LogP contribution in [0.1, 0.15) is 23.8 Å². The van der Waals surface area contributed by atoms with Gasteiger partial charge in [0.2, 0.25) is 0 Å². The van der Waals surface area contributed by atoms with Gasteiger partial charge in [-0.1, -0.05) is 0 Å². The second-order valence-electron chi connectivity index (χ2n) is 3.86. The number of thiophene rings is 1. The zero-order chi connectivity index (χ0) is 11.4. The minimum Gasteiger partial charge on any atom is -0.376 e. The van der Waals surface area contributed by atoms with Crippen LogP contribution in [-0.2, 0) is 9.47 Å². The first-order valence-corrected chi connectivity index (χ1v) is 7.14. The first-order valence-electron chi connectivity index (χ1n) is 5.47. The Bertz CT molecular complexity index is 326. The Balaban J connectivity index is 1.85. The molecule has 0 aromatic carbocycles. The van der Waals surface area contributed by atoms with Crippen molar-refractivity contribution in [1.29, 1.82) is 0 Å². The van der Waals surface area contributed by atoms with Gasteiger partial charge < -0.3 is 15.2 Å². The molecule has 1 aromatic rings. The van der Waals surface area contributed by atoms with E-state index in [1.54, 1.807) is 11.3 Å². The highest BCUT2D eigenvalue weighted by atomic mass is 79.9. The van der Waals surface area contributed by atoms with E-state index in [0.29, 0.717) is 13.2 Å². The minimum atomic E-state index is 0.000463. The fourth-order valence-electron chi connectivity index (χ4n) is 1.76. The smallest absolute Gasteiger partial charge is 0.104 e. The Morgan fingerprint density at radius 1 is 1.69 bits per heavy atom. The second kappa shape index (κ2) is 6.12. The van der Waals surface area contributed by atoms with Gasteiger partial charge in [0.15, 0.2) is 0 Å². The molecular formula is C11H16BrNO2S. The van der Waals surface area contributed by atoms with Crippen molar-refractivity contribution in [3.8, 4) is 0 Å². The fraction of sp³-hybridized carbons (Fsp3) is 0.636. The molecule has 1 aliphatic heterocycles. The summed E-state index contributed by atoms with van der Waals surface area (Å²) in [7, 11) is 0. The van der Waals surface area contributed by atoms with Crippen molar-refractivity contribution < 1.29 is 9.47 Å². The van der Waals surface area contributed by atoms with E-state index in [0.717, 1.165) is 23.9 Å². The van der Waals surface area contributed by atoms with E-state index < -0.39 is 0 Å². The van der Waals surface area contributed by atoms with Crippen molar-refractivity contribution in [2.24, 2.45) is 5.73 Å². The molecule has 2 heterocycles. The average Bonchev–Trinajstić information content (AvgIpc) is 2.91. The van der Waals surface area contributed by atoms with Gasteiger partial charge in [-0.3, -0.25) is 0 Å². The molecule has 16 heavy (non-hydrogen) atoms. The Labute approximate surface area is 108 Å². The van der Waals surface area contributed by atoms with Gasteiger partial charge in [-0.25, -0.2) is 0 Å². The number of halogens is 1. The lowest BCUT2D eigenvalue weighted by molar-refractivity contribution is -0.0170. The number of hydrogen-bond donors (Lipinski definition) is 1. The Hall–Kier alpha value is 0.0600. The summed E-state index contributed by atoms with van der Waals surface area (Å²) >= 11 is 5.11. The molecule has 1 aliphatic rings. The van der Waals surface area contributed by atoms with Crippen LogP contribution in [0, 0.1) is 0 Å². The van der Waals surface area contributed by atoms with E-state index in [4.69, 9.17) is 15.2 Å². The predicted octanol–water partition coefficient (Wildman–Crippen LogP) is 2.71. The van der Waals surface area contributed by atoms with Crippen molar-refractivity contribution in [1.82, 2.24) is 0 Å². The standard InChI is InChI=1S/C11H16BrNO2S/c12-8-4-11(16-7-8)10(5-13)15-6-9-2-1-3-14-9/h4,7,9-10H,1-3,5-6,13H2. The average molecular weight is 306 g/mol. The van der Waals surface area contributed by atoms with E-state index in [2.05, 4.69) is 22.0 Å². The van der Waals surface area contributed by atoms with Crippen LogP contribution in [-0.4, -0.2) is 25.9 Å². The largest absolute Gasteiger partial charge is 0.376 e. The van der Waals surface area contributed by atoms with Crippen LogP contribution in [0.25, 0.3) is 0 Å². The molecule has 1 aromatic heterocycles. The molecule has 3 nitrogen and oxygen atoms in total. The summed E-state index contributed by atoms with van der Waals surface area (Å²) in [4.78, 5) is 1.17. The molecular weight excluding hydrogens is 290 g/mol. The van der Waals surface area contributed by atoms with Gasteiger partial charge in [0.05, 0.1) is 12.7 Å². The Morgan fingerprint density at radius 2 is 2.56 bits per heavy atom. The predicted molar refractivity (Wildman–Crippen MR) is 68.7 cm³/mol. The van der Waals surface area contributed by atoms with E-state index in [1.807, 2.05) is 5.38 Å². The summed E-state index contributed by atoms with van der Waals surface area (Å²) in [5.74, 6) is 0. The van der Waals surface area contributed by atoms with Crippen molar-refractivity contribution in [2.45, 2.75) is 25.0 Å². The Morgan fingerprint density at radius 3 is 3.12 bits per heavy atom. The molecule has 2 rings (SSSR count). The van der Waals surface area contributed by atoms with Crippen molar-refractivity contribution in [2.75, 3.05) is 19.8 Å². The van der Waals surface area contributed by atoms with E-state index in [1.165, 1.54) is 4.88 Å². The van der Waals surface area contributed by atoms with Gasteiger partial charge in [-0.2, -0.15) is 0 Å². The van der Waals surface area contributed by atoms with Crippen LogP contribution in [0.15, 0.2) is 15.9 Å². The molecule has 2 unspecified atom stereocenters. The summed E-state index contributed by atoms with van der Waals surface area (Å²) in [6.45, 7) is 2.03. The van der Waals surface area contributed by atoms with E-state index in [9.17, 15) is 0 Å². The van der Waals surface area contributed by atoms with Crippen LogP contribution in [0.2, 0.25) is 0 Å². The monoisotopic (exact) mass is 305 g/mol. The highest BCUT2D eigenvalue weighted by Crippen LogP contribution is 2.28. The zero-order valence-corrected chi connectivity index (χ0v) is 11.4. The summed E-state index contributed by atoms with van der Waals surface area (Å²) in [6.07, 6.45) is 2.51. The topological polar surface area (TPSA) is 44.5 Å². The van der Waals surface area contributed by atoms with Crippen LogP contribution in [0.5, 0.6) is 0 Å². The maximum atomic E-state index is 5.81. The fourth-order valence-corrected chi connectivity index (χ4v) is 3.27. The molecule has 2 atom stereocenters.